The van der Waals surface area contributed by atoms with E-state index in [1.165, 1.54) is 0 Å². The molecule has 0 spiro atoms. The number of aliphatic hydroxyl groups excluding tert-OH is 1. The van der Waals surface area contributed by atoms with Crippen molar-refractivity contribution in [2.75, 3.05) is 22.9 Å². The van der Waals surface area contributed by atoms with Crippen molar-refractivity contribution in [2.45, 2.75) is 47.1 Å². The highest BCUT2D eigenvalue weighted by Gasteiger charge is 2.43. The van der Waals surface area contributed by atoms with Crippen LogP contribution in [0.1, 0.15) is 49.9 Å². The molecule has 0 aromatic heterocycles. The minimum Gasteiger partial charge on any atom is -0.503 e. The second-order valence-electron chi connectivity index (χ2n) is 7.73. The highest BCUT2D eigenvalue weighted by Crippen LogP contribution is 2.42. The minimum absolute atomic E-state index is 0.178. The molecule has 30 heavy (non-hydrogen) atoms. The van der Waals surface area contributed by atoms with E-state index < -0.39 is 17.7 Å². The summed E-state index contributed by atoms with van der Waals surface area (Å²) in [5.41, 5.74) is 4.78. The zero-order valence-electron chi connectivity index (χ0n) is 18.4. The summed E-state index contributed by atoms with van der Waals surface area (Å²) in [4.78, 5) is 29.6. The molecule has 5 heteroatoms. The predicted molar refractivity (Wildman–Crippen MR) is 121 cm³/mol. The Hall–Kier alpha value is -3.08. The molecule has 1 heterocycles. The topological polar surface area (TPSA) is 60.9 Å². The van der Waals surface area contributed by atoms with Crippen LogP contribution in [0.4, 0.5) is 11.4 Å². The van der Waals surface area contributed by atoms with Gasteiger partial charge in [0.15, 0.2) is 11.5 Å². The van der Waals surface area contributed by atoms with Crippen LogP contribution in [0.25, 0.3) is 0 Å². The van der Waals surface area contributed by atoms with Crippen LogP contribution in [-0.4, -0.2) is 29.9 Å². The number of ketones is 1. The molecule has 1 aliphatic heterocycles. The Labute approximate surface area is 178 Å². The van der Waals surface area contributed by atoms with Gasteiger partial charge in [-0.2, -0.15) is 0 Å². The summed E-state index contributed by atoms with van der Waals surface area (Å²) >= 11 is 0. The number of hydrogen-bond donors (Lipinski definition) is 1. The third-order valence-corrected chi connectivity index (χ3v) is 5.65. The number of aliphatic hydroxyl groups is 1. The molecule has 1 unspecified atom stereocenters. The van der Waals surface area contributed by atoms with Gasteiger partial charge in [0, 0.05) is 30.9 Å². The van der Waals surface area contributed by atoms with Gasteiger partial charge in [-0.05, 0) is 68.7 Å². The molecule has 0 radical (unpaired) electrons. The van der Waals surface area contributed by atoms with Crippen LogP contribution in [0, 0.1) is 13.8 Å². The second kappa shape index (κ2) is 8.74. The van der Waals surface area contributed by atoms with Crippen molar-refractivity contribution < 1.29 is 14.7 Å². The molecule has 0 fully saturated rings. The van der Waals surface area contributed by atoms with Crippen LogP contribution in [-0.2, 0) is 9.59 Å². The normalized spacial score (nSPS) is 16.4. The predicted octanol–water partition coefficient (Wildman–Crippen LogP) is 5.03. The van der Waals surface area contributed by atoms with Gasteiger partial charge in [0.25, 0.3) is 5.91 Å². The quantitative estimate of drug-likeness (QED) is 0.701. The maximum Gasteiger partial charge on any atom is 0.294 e. The third-order valence-electron chi connectivity index (χ3n) is 5.65. The van der Waals surface area contributed by atoms with Crippen LogP contribution in [0.2, 0.25) is 0 Å². The molecule has 2 aromatic carbocycles. The van der Waals surface area contributed by atoms with Crippen molar-refractivity contribution in [1.82, 2.24) is 0 Å². The first-order valence-electron chi connectivity index (χ1n) is 10.5. The van der Waals surface area contributed by atoms with Crippen molar-refractivity contribution in [3.63, 3.8) is 0 Å². The van der Waals surface area contributed by atoms with E-state index in [4.69, 9.17) is 0 Å². The highest BCUT2D eigenvalue weighted by atomic mass is 16.3. The second-order valence-corrected chi connectivity index (χ2v) is 7.73. The fourth-order valence-corrected chi connectivity index (χ4v) is 4.21. The number of carbonyl (C=O) groups excluding carboxylic acids is 2. The summed E-state index contributed by atoms with van der Waals surface area (Å²) < 4.78 is 0. The van der Waals surface area contributed by atoms with Gasteiger partial charge in [-0.1, -0.05) is 25.1 Å². The number of nitrogens with zero attached hydrogens (tertiary/aromatic N) is 2. The molecule has 3 rings (SSSR count). The van der Waals surface area contributed by atoms with Crippen molar-refractivity contribution in [3.05, 3.63) is 70.5 Å². The molecular weight excluding hydrogens is 376 g/mol. The molecule has 2 aromatic rings. The van der Waals surface area contributed by atoms with Gasteiger partial charge in [-0.3, -0.25) is 14.5 Å². The molecule has 1 atom stereocenters. The Morgan fingerprint density at radius 3 is 2.07 bits per heavy atom. The lowest BCUT2D eigenvalue weighted by atomic mass is 9.94. The van der Waals surface area contributed by atoms with Crippen molar-refractivity contribution in [2.24, 2.45) is 0 Å². The third kappa shape index (κ3) is 3.84. The molecule has 0 aliphatic carbocycles. The average molecular weight is 407 g/mol. The SMILES string of the molecule is CCC(=O)C1=C(O)C(=O)N(c2cc(C)cc(C)c2)C1c1ccc(N(CC)CC)cc1. The lowest BCUT2D eigenvalue weighted by Gasteiger charge is -2.28. The van der Waals surface area contributed by atoms with Crippen molar-refractivity contribution in [3.8, 4) is 0 Å². The Morgan fingerprint density at radius 2 is 1.57 bits per heavy atom. The number of anilines is 2. The molecule has 0 bridgehead atoms. The zero-order valence-corrected chi connectivity index (χ0v) is 18.4. The van der Waals surface area contributed by atoms with Crippen LogP contribution < -0.4 is 9.80 Å². The first kappa shape index (κ1) is 21.6. The van der Waals surface area contributed by atoms with E-state index in [9.17, 15) is 14.7 Å². The van der Waals surface area contributed by atoms with Gasteiger partial charge >= 0.3 is 0 Å². The van der Waals surface area contributed by atoms with E-state index in [0.717, 1.165) is 35.5 Å². The average Bonchev–Trinajstić information content (AvgIpc) is 2.99. The Balaban J connectivity index is 2.13. The van der Waals surface area contributed by atoms with E-state index in [2.05, 4.69) is 18.7 Å². The van der Waals surface area contributed by atoms with E-state index in [-0.39, 0.29) is 17.8 Å². The van der Waals surface area contributed by atoms with Crippen LogP contribution in [0.5, 0.6) is 0 Å². The van der Waals surface area contributed by atoms with E-state index in [0.29, 0.717) is 5.69 Å². The van der Waals surface area contributed by atoms with Gasteiger partial charge in [0.2, 0.25) is 0 Å². The number of amides is 1. The molecule has 1 aliphatic rings. The van der Waals surface area contributed by atoms with Crippen molar-refractivity contribution >= 4 is 23.1 Å². The fraction of sp³-hybridized carbons (Fsp3) is 0.360. The largest absolute Gasteiger partial charge is 0.503 e. The van der Waals surface area contributed by atoms with Gasteiger partial charge in [0.1, 0.15) is 0 Å². The Morgan fingerprint density at radius 1 is 1.00 bits per heavy atom. The van der Waals surface area contributed by atoms with Crippen molar-refractivity contribution in [1.29, 1.82) is 0 Å². The van der Waals surface area contributed by atoms with Gasteiger partial charge in [-0.15, -0.1) is 0 Å². The lowest BCUT2D eigenvalue weighted by molar-refractivity contribution is -0.118. The summed E-state index contributed by atoms with van der Waals surface area (Å²) in [7, 11) is 0. The minimum atomic E-state index is -0.642. The fourth-order valence-electron chi connectivity index (χ4n) is 4.21. The van der Waals surface area contributed by atoms with E-state index in [1.807, 2.05) is 56.3 Å². The number of aryl methyl sites for hydroxylation is 2. The highest BCUT2D eigenvalue weighted by molar-refractivity contribution is 6.16. The monoisotopic (exact) mass is 406 g/mol. The van der Waals surface area contributed by atoms with Crippen LogP contribution >= 0.6 is 0 Å². The number of Topliss-reactive ketones (excluding diaryl/α,β-unsaturated/α-hetero) is 1. The summed E-state index contributed by atoms with van der Waals surface area (Å²) in [6, 6.07) is 13.1. The number of carbonyl (C=O) groups is 2. The maximum absolute atomic E-state index is 13.1. The number of hydrogen-bond acceptors (Lipinski definition) is 4. The summed E-state index contributed by atoms with van der Waals surface area (Å²) in [6.45, 7) is 11.7. The van der Waals surface area contributed by atoms with Crippen LogP contribution in [0.15, 0.2) is 53.8 Å². The van der Waals surface area contributed by atoms with E-state index >= 15 is 0 Å². The first-order valence-corrected chi connectivity index (χ1v) is 10.5. The summed E-state index contributed by atoms with van der Waals surface area (Å²) in [6.07, 6.45) is 0.224. The van der Waals surface area contributed by atoms with Gasteiger partial charge < -0.3 is 10.0 Å². The van der Waals surface area contributed by atoms with Crippen LogP contribution in [0.3, 0.4) is 0 Å². The lowest BCUT2D eigenvalue weighted by Crippen LogP contribution is -2.31. The molecule has 0 saturated heterocycles. The van der Waals surface area contributed by atoms with E-state index in [1.54, 1.807) is 11.8 Å². The Kier molecular flexibility index (Phi) is 6.30. The standard InChI is InChI=1S/C25H30N2O3/c1-6-21(28)22-23(18-9-11-19(12-10-18)26(7-2)8-3)27(25(30)24(22)29)20-14-16(4)13-17(5)15-20/h9-15,23,29H,6-8H2,1-5H3. The molecule has 1 amide bonds. The molecule has 0 saturated carbocycles. The Bertz CT molecular complexity index is 968. The maximum atomic E-state index is 13.1. The van der Waals surface area contributed by atoms with Gasteiger partial charge in [-0.25, -0.2) is 0 Å². The number of rotatable bonds is 7. The number of benzene rings is 2. The first-order chi connectivity index (χ1) is 14.3. The smallest absolute Gasteiger partial charge is 0.294 e. The molecule has 158 valence electrons. The molecular formula is C25H30N2O3. The van der Waals surface area contributed by atoms with Gasteiger partial charge in [0.05, 0.1) is 11.6 Å². The summed E-state index contributed by atoms with van der Waals surface area (Å²) in [5.74, 6) is -1.20. The zero-order chi connectivity index (χ0) is 22.0. The molecule has 1 N–H and O–H groups in total. The summed E-state index contributed by atoms with van der Waals surface area (Å²) in [5, 5.41) is 10.6. The molecule has 5 nitrogen and oxygen atoms in total.